The number of aliphatic hydroxyl groups excluding tert-OH is 1. The Labute approximate surface area is 62.6 Å². The van der Waals surface area contributed by atoms with E-state index in [1.54, 1.807) is 0 Å². The van der Waals surface area contributed by atoms with E-state index < -0.39 is 0 Å². The number of rotatable bonds is 2. The Balaban J connectivity index is 2.13. The molecule has 0 aromatic rings. The zero-order valence-electron chi connectivity index (χ0n) is 6.64. The first-order valence-electron chi connectivity index (χ1n) is 4.17. The van der Waals surface area contributed by atoms with Crippen molar-refractivity contribution in [2.45, 2.75) is 38.6 Å². The summed E-state index contributed by atoms with van der Waals surface area (Å²) in [5.41, 5.74) is 0. The minimum atomic E-state index is 0.138. The fraction of sp³-hybridized carbons (Fsp3) is 1.00. The second kappa shape index (κ2) is 3.94. The molecule has 1 rings (SSSR count). The number of hydrogen-bond donors (Lipinski definition) is 2. The topological polar surface area (TPSA) is 32.3 Å². The Hall–Kier alpha value is -0.0800. The van der Waals surface area contributed by atoms with Crippen molar-refractivity contribution in [3.05, 3.63) is 0 Å². The third-order valence-electron chi connectivity index (χ3n) is 2.40. The fourth-order valence-electron chi connectivity index (χ4n) is 1.59. The van der Waals surface area contributed by atoms with Crippen LogP contribution in [0, 0.1) is 5.92 Å². The molecule has 1 aliphatic carbocycles. The molecular weight excluding hydrogens is 126 g/mol. The molecule has 0 aromatic carbocycles. The van der Waals surface area contributed by atoms with E-state index in [0.29, 0.717) is 6.04 Å². The molecule has 0 heterocycles. The lowest BCUT2D eigenvalue weighted by molar-refractivity contribution is 0.209. The standard InChI is InChI=1S/C8H17NO/c1-7-2-4-8(5-3-7)9-6-10/h7-10H,2-6H2,1H3. The number of hydrogen-bond acceptors (Lipinski definition) is 2. The Morgan fingerprint density at radius 1 is 1.30 bits per heavy atom. The molecule has 10 heavy (non-hydrogen) atoms. The zero-order valence-corrected chi connectivity index (χ0v) is 6.64. The average Bonchev–Trinajstić information content (AvgIpc) is 1.95. The van der Waals surface area contributed by atoms with Gasteiger partial charge in [0.1, 0.15) is 0 Å². The minimum Gasteiger partial charge on any atom is -0.381 e. The van der Waals surface area contributed by atoms with Gasteiger partial charge in [-0.05, 0) is 31.6 Å². The van der Waals surface area contributed by atoms with Crippen molar-refractivity contribution in [1.82, 2.24) is 5.32 Å². The van der Waals surface area contributed by atoms with E-state index in [4.69, 9.17) is 5.11 Å². The highest BCUT2D eigenvalue weighted by molar-refractivity contribution is 4.73. The quantitative estimate of drug-likeness (QED) is 0.567. The molecule has 2 N–H and O–H groups in total. The van der Waals surface area contributed by atoms with Crippen LogP contribution in [0.15, 0.2) is 0 Å². The Morgan fingerprint density at radius 3 is 2.40 bits per heavy atom. The zero-order chi connectivity index (χ0) is 7.40. The van der Waals surface area contributed by atoms with E-state index in [9.17, 15) is 0 Å². The molecule has 0 aromatic heterocycles. The number of aliphatic hydroxyl groups is 1. The molecule has 1 saturated carbocycles. The molecule has 1 fully saturated rings. The highest BCUT2D eigenvalue weighted by Crippen LogP contribution is 2.22. The van der Waals surface area contributed by atoms with Crippen molar-refractivity contribution < 1.29 is 5.11 Å². The Kier molecular flexibility index (Phi) is 3.16. The highest BCUT2D eigenvalue weighted by atomic mass is 16.3. The summed E-state index contributed by atoms with van der Waals surface area (Å²) >= 11 is 0. The third-order valence-corrected chi connectivity index (χ3v) is 2.40. The number of nitrogens with one attached hydrogen (secondary N) is 1. The lowest BCUT2D eigenvalue weighted by Gasteiger charge is -2.26. The van der Waals surface area contributed by atoms with Crippen molar-refractivity contribution >= 4 is 0 Å². The van der Waals surface area contributed by atoms with Crippen molar-refractivity contribution in [3.63, 3.8) is 0 Å². The minimum absolute atomic E-state index is 0.138. The van der Waals surface area contributed by atoms with Gasteiger partial charge in [0.15, 0.2) is 0 Å². The van der Waals surface area contributed by atoms with Crippen LogP contribution in [0.1, 0.15) is 32.6 Å². The highest BCUT2D eigenvalue weighted by Gasteiger charge is 2.16. The van der Waals surface area contributed by atoms with E-state index in [0.717, 1.165) is 5.92 Å². The second-order valence-corrected chi connectivity index (χ2v) is 3.32. The molecule has 0 radical (unpaired) electrons. The summed E-state index contributed by atoms with van der Waals surface area (Å²) in [6.07, 6.45) is 5.11. The first-order valence-corrected chi connectivity index (χ1v) is 4.17. The van der Waals surface area contributed by atoms with Crippen LogP contribution in [0.2, 0.25) is 0 Å². The van der Waals surface area contributed by atoms with Gasteiger partial charge in [-0.15, -0.1) is 0 Å². The molecule has 0 unspecified atom stereocenters. The van der Waals surface area contributed by atoms with Gasteiger partial charge in [-0.2, -0.15) is 0 Å². The molecule has 0 aliphatic heterocycles. The van der Waals surface area contributed by atoms with Gasteiger partial charge in [-0.25, -0.2) is 0 Å². The first kappa shape index (κ1) is 8.02. The largest absolute Gasteiger partial charge is 0.381 e. The average molecular weight is 143 g/mol. The summed E-state index contributed by atoms with van der Waals surface area (Å²) < 4.78 is 0. The molecule has 1 aliphatic rings. The maximum Gasteiger partial charge on any atom is 0.0933 e. The summed E-state index contributed by atoms with van der Waals surface area (Å²) in [5, 5.41) is 11.6. The Bertz CT molecular complexity index is 87.3. The predicted octanol–water partition coefficient (Wildman–Crippen LogP) is 1.10. The lowest BCUT2D eigenvalue weighted by atomic mass is 9.87. The van der Waals surface area contributed by atoms with E-state index in [2.05, 4.69) is 12.2 Å². The van der Waals surface area contributed by atoms with Crippen LogP contribution in [-0.4, -0.2) is 17.9 Å². The maximum atomic E-state index is 8.57. The van der Waals surface area contributed by atoms with Crippen molar-refractivity contribution in [2.75, 3.05) is 6.73 Å². The van der Waals surface area contributed by atoms with Crippen LogP contribution >= 0.6 is 0 Å². The van der Waals surface area contributed by atoms with E-state index in [1.165, 1.54) is 25.7 Å². The normalized spacial score (nSPS) is 34.2. The van der Waals surface area contributed by atoms with E-state index >= 15 is 0 Å². The van der Waals surface area contributed by atoms with Crippen molar-refractivity contribution in [3.8, 4) is 0 Å². The predicted molar refractivity (Wildman–Crippen MR) is 41.6 cm³/mol. The summed E-state index contributed by atoms with van der Waals surface area (Å²) in [7, 11) is 0. The molecule has 2 heteroatoms. The molecule has 60 valence electrons. The van der Waals surface area contributed by atoms with Gasteiger partial charge in [0.25, 0.3) is 0 Å². The van der Waals surface area contributed by atoms with Crippen LogP contribution < -0.4 is 5.32 Å². The van der Waals surface area contributed by atoms with Gasteiger partial charge < -0.3 is 5.11 Å². The van der Waals surface area contributed by atoms with Crippen molar-refractivity contribution in [1.29, 1.82) is 0 Å². The van der Waals surface area contributed by atoms with Crippen LogP contribution in [0.5, 0.6) is 0 Å². The van der Waals surface area contributed by atoms with Crippen LogP contribution in [0.25, 0.3) is 0 Å². The van der Waals surface area contributed by atoms with E-state index in [-0.39, 0.29) is 6.73 Å². The first-order chi connectivity index (χ1) is 4.83. The third kappa shape index (κ3) is 2.27. The summed E-state index contributed by atoms with van der Waals surface area (Å²) in [6, 6.07) is 0.584. The van der Waals surface area contributed by atoms with Crippen molar-refractivity contribution in [2.24, 2.45) is 5.92 Å². The molecule has 2 nitrogen and oxygen atoms in total. The summed E-state index contributed by atoms with van der Waals surface area (Å²) in [5.74, 6) is 0.900. The maximum absolute atomic E-state index is 8.57. The van der Waals surface area contributed by atoms with Crippen LogP contribution in [0.4, 0.5) is 0 Å². The monoisotopic (exact) mass is 143 g/mol. The lowest BCUT2D eigenvalue weighted by Crippen LogP contribution is -2.33. The van der Waals surface area contributed by atoms with Gasteiger partial charge in [-0.1, -0.05) is 6.92 Å². The van der Waals surface area contributed by atoms with Crippen LogP contribution in [-0.2, 0) is 0 Å². The molecule has 0 spiro atoms. The SMILES string of the molecule is CC1CCC(NCO)CC1. The van der Waals surface area contributed by atoms with Gasteiger partial charge in [0, 0.05) is 6.04 Å². The van der Waals surface area contributed by atoms with E-state index in [1.807, 2.05) is 0 Å². The molecule has 0 saturated heterocycles. The molecule has 0 amide bonds. The summed E-state index contributed by atoms with van der Waals surface area (Å²) in [4.78, 5) is 0. The molecular formula is C8H17NO. The van der Waals surface area contributed by atoms with Gasteiger partial charge in [0.2, 0.25) is 0 Å². The van der Waals surface area contributed by atoms with Gasteiger partial charge in [-0.3, -0.25) is 5.32 Å². The van der Waals surface area contributed by atoms with Gasteiger partial charge >= 0.3 is 0 Å². The summed E-state index contributed by atoms with van der Waals surface area (Å²) in [6.45, 7) is 2.44. The second-order valence-electron chi connectivity index (χ2n) is 3.32. The van der Waals surface area contributed by atoms with Crippen LogP contribution in [0.3, 0.4) is 0 Å². The fourth-order valence-corrected chi connectivity index (χ4v) is 1.59. The molecule has 0 atom stereocenters. The smallest absolute Gasteiger partial charge is 0.0933 e. The Morgan fingerprint density at radius 2 is 1.90 bits per heavy atom. The molecule has 0 bridgehead atoms. The van der Waals surface area contributed by atoms with Gasteiger partial charge in [0.05, 0.1) is 6.73 Å².